The molecule has 0 aromatic rings. The van der Waals surface area contributed by atoms with E-state index >= 15 is 0 Å². The van der Waals surface area contributed by atoms with E-state index in [4.69, 9.17) is 4.74 Å². The van der Waals surface area contributed by atoms with Crippen LogP contribution >= 0.6 is 0 Å². The highest BCUT2D eigenvalue weighted by atomic mass is 16.5. The first kappa shape index (κ1) is 13.5. The molecule has 2 nitrogen and oxygen atoms in total. The fraction of sp³-hybridized carbons (Fsp3) is 0.929. The van der Waals surface area contributed by atoms with Gasteiger partial charge in [-0.1, -0.05) is 13.3 Å². The van der Waals surface area contributed by atoms with Crippen molar-refractivity contribution in [2.75, 3.05) is 13.7 Å². The summed E-state index contributed by atoms with van der Waals surface area (Å²) in [5, 5.41) is 9.38. The standard InChI is InChI=1S/C14H25NO/c1-3-13-6-9-14(12-15,10-7-13)8-4-5-11-16-2/h13H,3-11H2,1-2H3. The van der Waals surface area contributed by atoms with Gasteiger partial charge in [0.15, 0.2) is 0 Å². The number of unbranched alkanes of at least 4 members (excludes halogenated alkanes) is 1. The zero-order valence-corrected chi connectivity index (χ0v) is 10.8. The summed E-state index contributed by atoms with van der Waals surface area (Å²) in [5.41, 5.74) is -0.000584. The van der Waals surface area contributed by atoms with E-state index in [1.165, 1.54) is 19.3 Å². The lowest BCUT2D eigenvalue weighted by Crippen LogP contribution is -2.26. The third-order valence-corrected chi connectivity index (χ3v) is 4.13. The molecule has 0 amide bonds. The number of methoxy groups -OCH3 is 1. The summed E-state index contributed by atoms with van der Waals surface area (Å²) in [6.07, 6.45) is 9.34. The number of hydrogen-bond acceptors (Lipinski definition) is 2. The Morgan fingerprint density at radius 2 is 2.00 bits per heavy atom. The zero-order chi connectivity index (χ0) is 11.9. The van der Waals surface area contributed by atoms with Gasteiger partial charge in [-0.05, 0) is 50.9 Å². The van der Waals surface area contributed by atoms with Crippen LogP contribution in [0, 0.1) is 22.7 Å². The summed E-state index contributed by atoms with van der Waals surface area (Å²) in [5.74, 6) is 0.875. The predicted octanol–water partition coefficient (Wildman–Crippen LogP) is 3.91. The number of nitriles is 1. The molecule has 2 heteroatoms. The minimum atomic E-state index is -0.000584. The molecule has 0 saturated heterocycles. The van der Waals surface area contributed by atoms with E-state index in [1.54, 1.807) is 7.11 Å². The molecule has 0 aliphatic heterocycles. The van der Waals surface area contributed by atoms with Gasteiger partial charge in [0.25, 0.3) is 0 Å². The normalized spacial score (nSPS) is 29.9. The Labute approximate surface area is 100.0 Å². The second-order valence-corrected chi connectivity index (χ2v) is 5.19. The SMILES string of the molecule is CCC1CCC(C#N)(CCCCOC)CC1. The van der Waals surface area contributed by atoms with Crippen molar-refractivity contribution in [2.24, 2.45) is 11.3 Å². The molecule has 0 bridgehead atoms. The Kier molecular flexibility index (Phi) is 5.84. The number of rotatable bonds is 6. The lowest BCUT2D eigenvalue weighted by atomic mass is 9.68. The zero-order valence-electron chi connectivity index (χ0n) is 10.8. The minimum Gasteiger partial charge on any atom is -0.385 e. The average molecular weight is 223 g/mol. The molecule has 0 N–H and O–H groups in total. The Bertz CT molecular complexity index is 223. The van der Waals surface area contributed by atoms with E-state index in [9.17, 15) is 5.26 Å². The first-order valence-electron chi connectivity index (χ1n) is 6.66. The maximum absolute atomic E-state index is 9.38. The lowest BCUT2D eigenvalue weighted by Gasteiger charge is -2.34. The van der Waals surface area contributed by atoms with Crippen molar-refractivity contribution in [1.82, 2.24) is 0 Å². The molecule has 1 rings (SSSR count). The summed E-state index contributed by atoms with van der Waals surface area (Å²) >= 11 is 0. The maximum atomic E-state index is 9.38. The molecule has 1 aliphatic carbocycles. The van der Waals surface area contributed by atoms with Gasteiger partial charge in [0.1, 0.15) is 0 Å². The Morgan fingerprint density at radius 3 is 2.50 bits per heavy atom. The molecular formula is C14H25NO. The predicted molar refractivity (Wildman–Crippen MR) is 66.0 cm³/mol. The number of nitrogens with zero attached hydrogens (tertiary/aromatic N) is 1. The van der Waals surface area contributed by atoms with Crippen LogP contribution in [0.1, 0.15) is 58.3 Å². The molecule has 16 heavy (non-hydrogen) atoms. The quantitative estimate of drug-likeness (QED) is 0.639. The van der Waals surface area contributed by atoms with Crippen molar-refractivity contribution >= 4 is 0 Å². The maximum Gasteiger partial charge on any atom is 0.0689 e. The second kappa shape index (κ2) is 6.91. The molecule has 0 unspecified atom stereocenters. The number of hydrogen-bond donors (Lipinski definition) is 0. The van der Waals surface area contributed by atoms with Crippen molar-refractivity contribution < 1.29 is 4.74 Å². The molecule has 0 heterocycles. The molecular weight excluding hydrogens is 198 g/mol. The Morgan fingerprint density at radius 1 is 1.31 bits per heavy atom. The van der Waals surface area contributed by atoms with Gasteiger partial charge in [-0.2, -0.15) is 5.26 Å². The van der Waals surface area contributed by atoms with Crippen LogP contribution in [-0.4, -0.2) is 13.7 Å². The molecule has 92 valence electrons. The van der Waals surface area contributed by atoms with Crippen molar-refractivity contribution in [3.63, 3.8) is 0 Å². The first-order chi connectivity index (χ1) is 7.76. The molecule has 1 aliphatic rings. The smallest absolute Gasteiger partial charge is 0.0689 e. The summed E-state index contributed by atoms with van der Waals surface area (Å²) in [6, 6.07) is 2.60. The van der Waals surface area contributed by atoms with Gasteiger partial charge < -0.3 is 4.74 Å². The topological polar surface area (TPSA) is 33.0 Å². The van der Waals surface area contributed by atoms with Crippen molar-refractivity contribution in [3.05, 3.63) is 0 Å². The average Bonchev–Trinajstić information content (AvgIpc) is 2.35. The van der Waals surface area contributed by atoms with Gasteiger partial charge in [-0.15, -0.1) is 0 Å². The molecule has 0 atom stereocenters. The van der Waals surface area contributed by atoms with Crippen LogP contribution in [0.3, 0.4) is 0 Å². The molecule has 0 spiro atoms. The Balaban J connectivity index is 2.32. The lowest BCUT2D eigenvalue weighted by molar-refractivity contribution is 0.167. The molecule has 0 radical (unpaired) electrons. The Hall–Kier alpha value is -0.550. The van der Waals surface area contributed by atoms with Crippen LogP contribution in [0.15, 0.2) is 0 Å². The van der Waals surface area contributed by atoms with Gasteiger partial charge in [0.2, 0.25) is 0 Å². The third kappa shape index (κ3) is 3.79. The van der Waals surface area contributed by atoms with E-state index in [0.717, 1.165) is 44.6 Å². The summed E-state index contributed by atoms with van der Waals surface area (Å²) in [4.78, 5) is 0. The minimum absolute atomic E-state index is 0.000584. The highest BCUT2D eigenvalue weighted by Gasteiger charge is 2.34. The fourth-order valence-electron chi connectivity index (χ4n) is 2.77. The van der Waals surface area contributed by atoms with Crippen molar-refractivity contribution in [2.45, 2.75) is 58.3 Å². The molecule has 1 fully saturated rings. The third-order valence-electron chi connectivity index (χ3n) is 4.13. The summed E-state index contributed by atoms with van der Waals surface area (Å²) < 4.78 is 5.05. The molecule has 1 saturated carbocycles. The highest BCUT2D eigenvalue weighted by Crippen LogP contribution is 2.42. The van der Waals surface area contributed by atoms with Crippen LogP contribution in [0.5, 0.6) is 0 Å². The monoisotopic (exact) mass is 223 g/mol. The van der Waals surface area contributed by atoms with Crippen LogP contribution < -0.4 is 0 Å². The van der Waals surface area contributed by atoms with Crippen LogP contribution in [0.2, 0.25) is 0 Å². The highest BCUT2D eigenvalue weighted by molar-refractivity contribution is 5.01. The number of ether oxygens (including phenoxy) is 1. The van der Waals surface area contributed by atoms with Crippen LogP contribution in [0.25, 0.3) is 0 Å². The second-order valence-electron chi connectivity index (χ2n) is 5.19. The summed E-state index contributed by atoms with van der Waals surface area (Å²) in [7, 11) is 1.74. The van der Waals surface area contributed by atoms with Gasteiger partial charge in [-0.3, -0.25) is 0 Å². The van der Waals surface area contributed by atoms with E-state index in [-0.39, 0.29) is 5.41 Å². The van der Waals surface area contributed by atoms with Gasteiger partial charge >= 0.3 is 0 Å². The van der Waals surface area contributed by atoms with Gasteiger partial charge in [-0.25, -0.2) is 0 Å². The molecule has 0 aromatic carbocycles. The van der Waals surface area contributed by atoms with Crippen molar-refractivity contribution in [1.29, 1.82) is 5.26 Å². The molecule has 0 aromatic heterocycles. The van der Waals surface area contributed by atoms with E-state index in [2.05, 4.69) is 13.0 Å². The van der Waals surface area contributed by atoms with Crippen molar-refractivity contribution in [3.8, 4) is 6.07 Å². The van der Waals surface area contributed by atoms with Gasteiger partial charge in [0, 0.05) is 13.7 Å². The van der Waals surface area contributed by atoms with Gasteiger partial charge in [0.05, 0.1) is 11.5 Å². The van der Waals surface area contributed by atoms with E-state index in [1.807, 2.05) is 0 Å². The van der Waals surface area contributed by atoms with Crippen LogP contribution in [0.4, 0.5) is 0 Å². The van der Waals surface area contributed by atoms with E-state index in [0.29, 0.717) is 0 Å². The van der Waals surface area contributed by atoms with E-state index < -0.39 is 0 Å². The summed E-state index contributed by atoms with van der Waals surface area (Å²) in [6.45, 7) is 3.10. The first-order valence-corrected chi connectivity index (χ1v) is 6.66. The van der Waals surface area contributed by atoms with Crippen LogP contribution in [-0.2, 0) is 4.74 Å². The largest absolute Gasteiger partial charge is 0.385 e. The fourth-order valence-corrected chi connectivity index (χ4v) is 2.77.